The molecule has 1 aromatic carbocycles. The van der Waals surface area contributed by atoms with Crippen LogP contribution in [0.15, 0.2) is 36.4 Å². The molecule has 35 heavy (non-hydrogen) atoms. The van der Waals surface area contributed by atoms with E-state index in [-0.39, 0.29) is 5.25 Å². The molecule has 0 radical (unpaired) electrons. The van der Waals surface area contributed by atoms with Gasteiger partial charge in [-0.2, -0.15) is 5.10 Å². The van der Waals surface area contributed by atoms with E-state index < -0.39 is 10.0 Å². The third kappa shape index (κ3) is 5.98. The molecule has 10 nitrogen and oxygen atoms in total. The van der Waals surface area contributed by atoms with E-state index in [1.165, 1.54) is 0 Å². The second kappa shape index (κ2) is 9.67. The molecule has 5 rings (SSSR count). The zero-order valence-corrected chi connectivity index (χ0v) is 20.7. The van der Waals surface area contributed by atoms with Gasteiger partial charge in [-0.05, 0) is 50.6 Å². The number of sulfonamides is 1. The van der Waals surface area contributed by atoms with Gasteiger partial charge in [0.05, 0.1) is 5.25 Å². The lowest BCUT2D eigenvalue weighted by Crippen LogP contribution is -2.44. The number of piperazine rings is 1. The fraction of sp³-hybridized carbons (Fsp3) is 0.375. The minimum Gasteiger partial charge on any atom is -0.354 e. The molecule has 1 saturated heterocycles. The summed E-state index contributed by atoms with van der Waals surface area (Å²) < 4.78 is 26.9. The Morgan fingerprint density at radius 3 is 2.40 bits per heavy atom. The molecule has 0 atom stereocenters. The van der Waals surface area contributed by atoms with Crippen LogP contribution < -0.4 is 14.9 Å². The SMILES string of the molecule is Cc1cc(Nc2cc(N3CCN(C)CC3)nc(C=Cc3ccc(NS(=O)(=O)C4CC4)cc3)n2)n[nH]1. The highest BCUT2D eigenvalue weighted by molar-refractivity contribution is 7.93. The van der Waals surface area contributed by atoms with Gasteiger partial charge in [-0.15, -0.1) is 0 Å². The summed E-state index contributed by atoms with van der Waals surface area (Å²) in [5.74, 6) is 2.82. The van der Waals surface area contributed by atoms with E-state index in [4.69, 9.17) is 4.98 Å². The van der Waals surface area contributed by atoms with Crippen molar-refractivity contribution in [1.29, 1.82) is 0 Å². The molecule has 2 aliphatic rings. The van der Waals surface area contributed by atoms with Crippen LogP contribution in [0.3, 0.4) is 0 Å². The number of aromatic amines is 1. The third-order valence-electron chi connectivity index (χ3n) is 6.08. The summed E-state index contributed by atoms with van der Waals surface area (Å²) >= 11 is 0. The zero-order chi connectivity index (χ0) is 24.4. The number of hydrogen-bond donors (Lipinski definition) is 3. The molecule has 2 fully saturated rings. The highest BCUT2D eigenvalue weighted by Crippen LogP contribution is 2.29. The number of nitrogens with one attached hydrogen (secondary N) is 3. The van der Waals surface area contributed by atoms with Gasteiger partial charge in [-0.25, -0.2) is 18.4 Å². The lowest BCUT2D eigenvalue weighted by atomic mass is 10.2. The number of aryl methyl sites for hydroxylation is 1. The van der Waals surface area contributed by atoms with Gasteiger partial charge in [0.15, 0.2) is 11.6 Å². The van der Waals surface area contributed by atoms with E-state index in [9.17, 15) is 8.42 Å². The summed E-state index contributed by atoms with van der Waals surface area (Å²) in [6, 6.07) is 11.2. The molecular formula is C24H30N8O2S. The normalized spacial score (nSPS) is 17.1. The lowest BCUT2D eigenvalue weighted by molar-refractivity contribution is 0.312. The number of rotatable bonds is 8. The first-order valence-electron chi connectivity index (χ1n) is 11.8. The average Bonchev–Trinajstić information content (AvgIpc) is 3.62. The first kappa shape index (κ1) is 23.3. The molecule has 2 aromatic heterocycles. The predicted molar refractivity (Wildman–Crippen MR) is 139 cm³/mol. The fourth-order valence-corrected chi connectivity index (χ4v) is 5.25. The topological polar surface area (TPSA) is 119 Å². The summed E-state index contributed by atoms with van der Waals surface area (Å²) in [6.45, 7) is 5.70. The molecule has 11 heteroatoms. The number of H-pyrrole nitrogens is 1. The van der Waals surface area contributed by atoms with Crippen molar-refractivity contribution in [2.75, 3.05) is 48.2 Å². The van der Waals surface area contributed by atoms with Crippen LogP contribution in [0.1, 0.15) is 29.9 Å². The van der Waals surface area contributed by atoms with Crippen LogP contribution in [0.4, 0.5) is 23.1 Å². The second-order valence-corrected chi connectivity index (χ2v) is 11.1. The second-order valence-electron chi connectivity index (χ2n) is 9.12. The van der Waals surface area contributed by atoms with Crippen molar-refractivity contribution >= 4 is 45.3 Å². The number of likely N-dealkylation sites (N-methyl/N-ethyl adjacent to an activating group) is 1. The quantitative estimate of drug-likeness (QED) is 0.437. The van der Waals surface area contributed by atoms with E-state index in [0.29, 0.717) is 23.1 Å². The average molecular weight is 495 g/mol. The Morgan fingerprint density at radius 2 is 1.74 bits per heavy atom. The summed E-state index contributed by atoms with van der Waals surface area (Å²) in [7, 11) is -1.14. The van der Waals surface area contributed by atoms with Crippen LogP contribution in [-0.4, -0.2) is 72.0 Å². The Kier molecular flexibility index (Phi) is 6.44. The Balaban J connectivity index is 1.35. The lowest BCUT2D eigenvalue weighted by Gasteiger charge is -2.33. The molecule has 3 heterocycles. The van der Waals surface area contributed by atoms with Crippen LogP contribution in [0, 0.1) is 6.92 Å². The first-order chi connectivity index (χ1) is 16.8. The van der Waals surface area contributed by atoms with Gasteiger partial charge in [-0.3, -0.25) is 9.82 Å². The molecule has 3 N–H and O–H groups in total. The van der Waals surface area contributed by atoms with Crippen molar-refractivity contribution < 1.29 is 8.42 Å². The van der Waals surface area contributed by atoms with E-state index >= 15 is 0 Å². The molecule has 0 unspecified atom stereocenters. The molecule has 0 spiro atoms. The van der Waals surface area contributed by atoms with E-state index in [0.717, 1.165) is 56.1 Å². The van der Waals surface area contributed by atoms with Crippen molar-refractivity contribution in [1.82, 2.24) is 25.1 Å². The monoisotopic (exact) mass is 494 g/mol. The minimum absolute atomic E-state index is 0.250. The molecule has 184 valence electrons. The van der Waals surface area contributed by atoms with Crippen molar-refractivity contribution in [3.63, 3.8) is 0 Å². The molecule has 1 saturated carbocycles. The summed E-state index contributed by atoms with van der Waals surface area (Å²) in [6.07, 6.45) is 5.26. The van der Waals surface area contributed by atoms with Crippen LogP contribution in [0.5, 0.6) is 0 Å². The zero-order valence-electron chi connectivity index (χ0n) is 19.9. The van der Waals surface area contributed by atoms with Crippen LogP contribution in [0.2, 0.25) is 0 Å². The predicted octanol–water partition coefficient (Wildman–Crippen LogP) is 3.08. The first-order valence-corrected chi connectivity index (χ1v) is 13.3. The summed E-state index contributed by atoms with van der Waals surface area (Å²) in [4.78, 5) is 14.0. The smallest absolute Gasteiger partial charge is 0.235 e. The van der Waals surface area contributed by atoms with E-state index in [1.54, 1.807) is 12.1 Å². The van der Waals surface area contributed by atoms with Crippen LogP contribution in [0.25, 0.3) is 12.2 Å². The number of nitrogens with zero attached hydrogens (tertiary/aromatic N) is 5. The minimum atomic E-state index is -3.27. The Bertz CT molecular complexity index is 1310. The van der Waals surface area contributed by atoms with Gasteiger partial charge in [-0.1, -0.05) is 18.2 Å². The number of hydrogen-bond acceptors (Lipinski definition) is 8. The maximum atomic E-state index is 12.1. The standard InChI is InChI=1S/C24H30N8O2S/c1-17-15-23(29-28-17)26-22-16-24(32-13-11-31(2)12-14-32)27-21(25-22)10-5-18-3-6-19(7-4-18)30-35(33,34)20-8-9-20/h3-7,10,15-16,20,30H,8-9,11-14H2,1-2H3,(H2,25,26,27,28,29). The maximum Gasteiger partial charge on any atom is 0.235 e. The molecule has 1 aliphatic carbocycles. The number of anilines is 4. The molecule has 0 bridgehead atoms. The van der Waals surface area contributed by atoms with Crippen molar-refractivity contribution in [2.45, 2.75) is 25.0 Å². The Labute approximate surface area is 205 Å². The van der Waals surface area contributed by atoms with E-state index in [2.05, 4.69) is 42.1 Å². The van der Waals surface area contributed by atoms with Crippen molar-refractivity contribution in [3.8, 4) is 0 Å². The Hall–Kier alpha value is -3.44. The summed E-state index contributed by atoms with van der Waals surface area (Å²) in [5.41, 5.74) is 2.46. The molecule has 0 amide bonds. The van der Waals surface area contributed by atoms with Gasteiger partial charge >= 0.3 is 0 Å². The van der Waals surface area contributed by atoms with Gasteiger partial charge in [0.25, 0.3) is 0 Å². The van der Waals surface area contributed by atoms with Crippen molar-refractivity contribution in [3.05, 3.63) is 53.5 Å². The van der Waals surface area contributed by atoms with E-state index in [1.807, 2.05) is 43.3 Å². The largest absolute Gasteiger partial charge is 0.354 e. The molecule has 1 aliphatic heterocycles. The van der Waals surface area contributed by atoms with Gasteiger partial charge in [0.2, 0.25) is 10.0 Å². The van der Waals surface area contributed by atoms with Gasteiger partial charge in [0.1, 0.15) is 11.6 Å². The Morgan fingerprint density at radius 1 is 1.00 bits per heavy atom. The number of aromatic nitrogens is 4. The van der Waals surface area contributed by atoms with Crippen LogP contribution in [-0.2, 0) is 10.0 Å². The molecule has 3 aromatic rings. The fourth-order valence-electron chi connectivity index (χ4n) is 3.86. The molecular weight excluding hydrogens is 464 g/mol. The third-order valence-corrected chi connectivity index (χ3v) is 7.95. The van der Waals surface area contributed by atoms with Gasteiger partial charge < -0.3 is 15.1 Å². The van der Waals surface area contributed by atoms with Crippen LogP contribution >= 0.6 is 0 Å². The maximum absolute atomic E-state index is 12.1. The van der Waals surface area contributed by atoms with Gasteiger partial charge in [0, 0.05) is 49.7 Å². The highest BCUT2D eigenvalue weighted by Gasteiger charge is 2.35. The highest BCUT2D eigenvalue weighted by atomic mass is 32.2. The number of benzene rings is 1. The van der Waals surface area contributed by atoms with Crippen molar-refractivity contribution in [2.24, 2.45) is 0 Å². The summed E-state index contributed by atoms with van der Waals surface area (Å²) in [5, 5.41) is 10.2.